The summed E-state index contributed by atoms with van der Waals surface area (Å²) in [5.74, 6) is -6.45. The van der Waals surface area contributed by atoms with Gasteiger partial charge in [-0.15, -0.1) is 0 Å². The normalized spacial score (nSPS) is 17.3. The van der Waals surface area contributed by atoms with Crippen LogP contribution in [0.4, 0.5) is 26.3 Å². The van der Waals surface area contributed by atoms with Crippen LogP contribution in [0.2, 0.25) is 0 Å². The summed E-state index contributed by atoms with van der Waals surface area (Å²) in [6.45, 7) is 4.58. The Hall–Kier alpha value is -4.30. The van der Waals surface area contributed by atoms with E-state index in [4.69, 9.17) is 9.26 Å². The maximum Gasteiger partial charge on any atom is 0.441 e. The minimum absolute atomic E-state index is 0.0409. The summed E-state index contributed by atoms with van der Waals surface area (Å²) < 4.78 is 96.9. The summed E-state index contributed by atoms with van der Waals surface area (Å²) in [7, 11) is 1.60. The zero-order valence-electron chi connectivity index (χ0n) is 28.3. The lowest BCUT2D eigenvalue weighted by atomic mass is 9.86. The Morgan fingerprint density at radius 2 is 1.20 bits per heavy atom. The lowest BCUT2D eigenvalue weighted by molar-refractivity contribution is -0.0480. The summed E-state index contributed by atoms with van der Waals surface area (Å²) in [6, 6.07) is 10.6. The highest BCUT2D eigenvalue weighted by atomic mass is 19.3. The predicted octanol–water partition coefficient (Wildman–Crippen LogP) is 7.82. The van der Waals surface area contributed by atoms with Crippen LogP contribution in [0.1, 0.15) is 88.0 Å². The fourth-order valence-corrected chi connectivity index (χ4v) is 6.05. The van der Waals surface area contributed by atoms with E-state index in [-0.39, 0.29) is 61.9 Å². The number of ether oxygens (including phenoxy) is 1. The van der Waals surface area contributed by atoms with Crippen LogP contribution in [-0.4, -0.2) is 38.4 Å². The Morgan fingerprint density at radius 1 is 0.740 bits per heavy atom. The van der Waals surface area contributed by atoms with Crippen molar-refractivity contribution in [3.8, 4) is 5.75 Å². The summed E-state index contributed by atoms with van der Waals surface area (Å²) in [4.78, 5) is 23.7. The van der Waals surface area contributed by atoms with Gasteiger partial charge in [0.05, 0.1) is 7.11 Å². The van der Waals surface area contributed by atoms with Gasteiger partial charge in [-0.05, 0) is 66.8 Å². The molecule has 0 unspecified atom stereocenters. The van der Waals surface area contributed by atoms with Crippen LogP contribution in [0.3, 0.4) is 0 Å². The van der Waals surface area contributed by atoms with Crippen LogP contribution < -0.4 is 16.2 Å². The lowest BCUT2D eigenvalue weighted by Crippen LogP contribution is -2.29. The summed E-state index contributed by atoms with van der Waals surface area (Å²) >= 11 is 0. The first-order valence-electron chi connectivity index (χ1n) is 16.7. The van der Waals surface area contributed by atoms with Crippen molar-refractivity contribution < 1.29 is 40.1 Å². The first-order chi connectivity index (χ1) is 23.8. The molecule has 0 saturated heterocycles. The van der Waals surface area contributed by atoms with Crippen molar-refractivity contribution in [1.82, 2.24) is 19.4 Å². The van der Waals surface area contributed by atoms with Gasteiger partial charge in [-0.3, -0.25) is 18.2 Å². The zero-order valence-corrected chi connectivity index (χ0v) is 28.3. The van der Waals surface area contributed by atoms with E-state index in [0.717, 1.165) is 23.4 Å². The van der Waals surface area contributed by atoms with Crippen molar-refractivity contribution in [1.29, 1.82) is 0 Å². The first kappa shape index (κ1) is 38.5. The summed E-state index contributed by atoms with van der Waals surface area (Å²) in [6.07, 6.45) is 1.17. The number of hydrogen-bond acceptors (Lipinski definition) is 7. The third-order valence-corrected chi connectivity index (χ3v) is 8.96. The number of rotatable bonds is 9. The van der Waals surface area contributed by atoms with Gasteiger partial charge in [-0.2, -0.15) is 0 Å². The third-order valence-electron chi connectivity index (χ3n) is 8.96. The molecule has 2 aromatic heterocycles. The topological polar surface area (TPSA) is 105 Å². The van der Waals surface area contributed by atoms with E-state index in [2.05, 4.69) is 14.8 Å². The van der Waals surface area contributed by atoms with Crippen LogP contribution in [-0.2, 0) is 25.9 Å². The van der Waals surface area contributed by atoms with E-state index < -0.39 is 35.0 Å². The van der Waals surface area contributed by atoms with Crippen LogP contribution in [0.15, 0.2) is 61.1 Å². The Morgan fingerprint density at radius 3 is 1.64 bits per heavy atom. The van der Waals surface area contributed by atoms with Gasteiger partial charge < -0.3 is 4.74 Å². The van der Waals surface area contributed by atoms with Gasteiger partial charge in [0.2, 0.25) is 11.8 Å². The molecule has 50 heavy (non-hydrogen) atoms. The number of nitrogens with zero attached hydrogens (tertiary/aromatic N) is 4. The van der Waals surface area contributed by atoms with Crippen LogP contribution in [0.25, 0.3) is 0 Å². The number of halogens is 6. The molecule has 2 aliphatic rings. The average Bonchev–Trinajstić information content (AvgIpc) is 3.61. The lowest BCUT2D eigenvalue weighted by Gasteiger charge is -2.28. The molecular formula is C35H42F6N4O5. The van der Waals surface area contributed by atoms with Crippen molar-refractivity contribution in [3.05, 3.63) is 98.0 Å². The molecule has 2 aromatic carbocycles. The van der Waals surface area contributed by atoms with Crippen LogP contribution in [0.5, 0.6) is 5.75 Å². The molecule has 15 heteroatoms. The van der Waals surface area contributed by atoms with E-state index in [0.29, 0.717) is 44.5 Å². The van der Waals surface area contributed by atoms with Gasteiger partial charge in [0.25, 0.3) is 0 Å². The second-order valence-corrected chi connectivity index (χ2v) is 12.5. The molecule has 0 radical (unpaired) electrons. The first-order valence-corrected chi connectivity index (χ1v) is 16.7. The molecule has 0 bridgehead atoms. The van der Waals surface area contributed by atoms with E-state index in [1.165, 1.54) is 15.2 Å². The van der Waals surface area contributed by atoms with E-state index in [9.17, 15) is 35.9 Å². The molecule has 6 rings (SSSR count). The van der Waals surface area contributed by atoms with Crippen molar-refractivity contribution in [3.63, 3.8) is 0 Å². The highest BCUT2D eigenvalue weighted by molar-refractivity contribution is 5.28. The molecule has 4 aromatic rings. The van der Waals surface area contributed by atoms with Gasteiger partial charge >= 0.3 is 11.5 Å². The third kappa shape index (κ3) is 10.6. The number of hydrogen-bond donors (Lipinski definition) is 0. The SMILES string of the molecule is CC.COc1ccc(Cc2noc(=O)n2CC2CCC(F)(F)CC2)cc1.O=c1onc(Cc2ccc(F)cc2F)n1CC1CCC(F)(F)CC1. The minimum atomic E-state index is -2.64. The van der Waals surface area contributed by atoms with Crippen molar-refractivity contribution in [2.45, 2.75) is 103 Å². The van der Waals surface area contributed by atoms with Gasteiger partial charge in [0.1, 0.15) is 17.4 Å². The van der Waals surface area contributed by atoms with Gasteiger partial charge in [0.15, 0.2) is 11.6 Å². The minimum Gasteiger partial charge on any atom is -0.497 e. The molecular weight excluding hydrogens is 670 g/mol. The van der Waals surface area contributed by atoms with Crippen molar-refractivity contribution >= 4 is 0 Å². The maximum absolute atomic E-state index is 13.7. The number of aromatic nitrogens is 4. The quantitative estimate of drug-likeness (QED) is 0.163. The van der Waals surface area contributed by atoms with Gasteiger partial charge in [-0.25, -0.2) is 35.9 Å². The van der Waals surface area contributed by atoms with E-state index >= 15 is 0 Å². The zero-order chi connectivity index (χ0) is 36.5. The standard InChI is InChI=1S/C17H20F2N2O3.C16H16F4N2O2.C2H6/c1-23-14-4-2-12(3-5-14)10-15-20-24-16(22)21(15)11-13-6-8-17(18,19)9-7-13;17-12-2-1-11(13(18)8-12)7-14-21-24-15(23)22(14)9-10-3-5-16(19,20)6-4-10;1-2/h2-5,13H,6-11H2,1H3;1-2,8,10H,3-7,9H2;1-2H3. The Kier molecular flexibility index (Phi) is 13.2. The molecule has 0 atom stereocenters. The second-order valence-electron chi connectivity index (χ2n) is 12.5. The predicted molar refractivity (Wildman–Crippen MR) is 172 cm³/mol. The monoisotopic (exact) mass is 712 g/mol. The summed E-state index contributed by atoms with van der Waals surface area (Å²) in [5, 5.41) is 7.48. The van der Waals surface area contributed by atoms with Crippen LogP contribution in [0, 0.1) is 23.5 Å². The fraction of sp³-hybridized carbons (Fsp3) is 0.543. The number of alkyl halides is 4. The highest BCUT2D eigenvalue weighted by Gasteiger charge is 2.36. The molecule has 9 nitrogen and oxygen atoms in total. The number of methoxy groups -OCH3 is 1. The largest absolute Gasteiger partial charge is 0.497 e. The molecule has 2 saturated carbocycles. The second kappa shape index (κ2) is 17.1. The Balaban J connectivity index is 0.000000214. The number of benzene rings is 2. The van der Waals surface area contributed by atoms with Gasteiger partial charge in [0, 0.05) is 57.7 Å². The van der Waals surface area contributed by atoms with Crippen molar-refractivity contribution in [2.75, 3.05) is 7.11 Å². The maximum atomic E-state index is 13.7. The van der Waals surface area contributed by atoms with Crippen LogP contribution >= 0.6 is 0 Å². The molecule has 0 spiro atoms. The summed E-state index contributed by atoms with van der Waals surface area (Å²) in [5.41, 5.74) is 1.14. The molecule has 2 heterocycles. The smallest absolute Gasteiger partial charge is 0.441 e. The Bertz CT molecular complexity index is 1760. The van der Waals surface area contributed by atoms with Crippen molar-refractivity contribution in [2.24, 2.45) is 11.8 Å². The molecule has 274 valence electrons. The molecule has 0 amide bonds. The van der Waals surface area contributed by atoms with E-state index in [1.54, 1.807) is 7.11 Å². The highest BCUT2D eigenvalue weighted by Crippen LogP contribution is 2.37. The van der Waals surface area contributed by atoms with Gasteiger partial charge in [-0.1, -0.05) is 42.4 Å². The molecule has 0 aliphatic heterocycles. The van der Waals surface area contributed by atoms with E-state index in [1.807, 2.05) is 38.1 Å². The molecule has 2 fully saturated rings. The molecule has 2 aliphatic carbocycles. The Labute approximate surface area is 285 Å². The fourth-order valence-electron chi connectivity index (χ4n) is 6.05. The average molecular weight is 713 g/mol. The molecule has 0 N–H and O–H groups in total.